The second kappa shape index (κ2) is 3.29. The third kappa shape index (κ3) is 1.68. The van der Waals surface area contributed by atoms with Gasteiger partial charge >= 0.3 is 0 Å². The lowest BCUT2D eigenvalue weighted by Crippen LogP contribution is -2.07. The van der Waals surface area contributed by atoms with Crippen molar-refractivity contribution in [2.75, 3.05) is 0 Å². The van der Waals surface area contributed by atoms with Gasteiger partial charge < -0.3 is 10.8 Å². The first kappa shape index (κ1) is 9.29. The van der Waals surface area contributed by atoms with Crippen LogP contribution in [0.1, 0.15) is 18.5 Å². The zero-order valence-electron chi connectivity index (χ0n) is 6.51. The Morgan fingerprint density at radius 2 is 2.17 bits per heavy atom. The molecule has 0 amide bonds. The van der Waals surface area contributed by atoms with Gasteiger partial charge in [0.2, 0.25) is 0 Å². The SMILES string of the molecule is CC(N)c1cc(Cl)c(O)cc1F. The Hall–Kier alpha value is -0.800. The molecular weight excluding hydrogens is 181 g/mol. The molecule has 0 spiro atoms. The topological polar surface area (TPSA) is 46.2 Å². The van der Waals surface area contributed by atoms with Gasteiger partial charge in [-0.15, -0.1) is 0 Å². The fourth-order valence-electron chi connectivity index (χ4n) is 0.901. The van der Waals surface area contributed by atoms with Gasteiger partial charge in [-0.05, 0) is 13.0 Å². The predicted molar refractivity (Wildman–Crippen MR) is 45.7 cm³/mol. The molecule has 2 nitrogen and oxygen atoms in total. The van der Waals surface area contributed by atoms with Crippen LogP contribution in [0.25, 0.3) is 0 Å². The molecule has 0 aromatic heterocycles. The summed E-state index contributed by atoms with van der Waals surface area (Å²) in [6.45, 7) is 1.64. The summed E-state index contributed by atoms with van der Waals surface area (Å²) >= 11 is 5.56. The maximum Gasteiger partial charge on any atom is 0.137 e. The lowest BCUT2D eigenvalue weighted by molar-refractivity contribution is 0.467. The van der Waals surface area contributed by atoms with Gasteiger partial charge in [0.1, 0.15) is 11.6 Å². The van der Waals surface area contributed by atoms with E-state index in [1.807, 2.05) is 0 Å². The average Bonchev–Trinajstić information content (AvgIpc) is 1.96. The molecule has 0 saturated heterocycles. The first-order valence-corrected chi connectivity index (χ1v) is 3.83. The Morgan fingerprint density at radius 1 is 1.58 bits per heavy atom. The van der Waals surface area contributed by atoms with Gasteiger partial charge in [-0.2, -0.15) is 0 Å². The summed E-state index contributed by atoms with van der Waals surface area (Å²) < 4.78 is 13.0. The zero-order chi connectivity index (χ0) is 9.30. The van der Waals surface area contributed by atoms with Crippen LogP contribution in [-0.2, 0) is 0 Å². The van der Waals surface area contributed by atoms with Crippen molar-refractivity contribution in [1.29, 1.82) is 0 Å². The second-order valence-corrected chi connectivity index (χ2v) is 3.02. The van der Waals surface area contributed by atoms with E-state index in [0.717, 1.165) is 6.07 Å². The molecule has 1 atom stereocenters. The van der Waals surface area contributed by atoms with E-state index in [-0.39, 0.29) is 10.8 Å². The highest BCUT2D eigenvalue weighted by Gasteiger charge is 2.10. The summed E-state index contributed by atoms with van der Waals surface area (Å²) in [6, 6.07) is 1.86. The van der Waals surface area contributed by atoms with Crippen molar-refractivity contribution in [2.24, 2.45) is 5.73 Å². The number of halogens is 2. The van der Waals surface area contributed by atoms with Crippen molar-refractivity contribution in [3.8, 4) is 5.75 Å². The zero-order valence-corrected chi connectivity index (χ0v) is 7.27. The number of phenols is 1. The van der Waals surface area contributed by atoms with Crippen LogP contribution in [0.15, 0.2) is 12.1 Å². The Kier molecular flexibility index (Phi) is 2.55. The van der Waals surface area contributed by atoms with Crippen LogP contribution in [-0.4, -0.2) is 5.11 Å². The molecule has 0 radical (unpaired) electrons. The van der Waals surface area contributed by atoms with E-state index in [4.69, 9.17) is 22.4 Å². The normalized spacial score (nSPS) is 13.0. The molecule has 1 aromatic rings. The largest absolute Gasteiger partial charge is 0.506 e. The van der Waals surface area contributed by atoms with Crippen LogP contribution in [0.5, 0.6) is 5.75 Å². The molecular formula is C8H9ClFNO. The Morgan fingerprint density at radius 3 is 2.67 bits per heavy atom. The smallest absolute Gasteiger partial charge is 0.137 e. The maximum atomic E-state index is 13.0. The summed E-state index contributed by atoms with van der Waals surface area (Å²) in [5, 5.41) is 9.11. The van der Waals surface area contributed by atoms with E-state index in [2.05, 4.69) is 0 Å². The van der Waals surface area contributed by atoms with E-state index >= 15 is 0 Å². The van der Waals surface area contributed by atoms with Crippen LogP contribution in [0, 0.1) is 5.82 Å². The summed E-state index contributed by atoms with van der Waals surface area (Å²) in [5.74, 6) is -0.800. The van der Waals surface area contributed by atoms with Gasteiger partial charge in [-0.3, -0.25) is 0 Å². The molecule has 12 heavy (non-hydrogen) atoms. The van der Waals surface area contributed by atoms with Crippen LogP contribution in [0.3, 0.4) is 0 Å². The minimum absolute atomic E-state index is 0.115. The van der Waals surface area contributed by atoms with Crippen LogP contribution < -0.4 is 5.73 Å². The predicted octanol–water partition coefficient (Wildman–Crippen LogP) is 2.20. The molecule has 1 unspecified atom stereocenters. The lowest BCUT2D eigenvalue weighted by Gasteiger charge is -2.07. The minimum Gasteiger partial charge on any atom is -0.506 e. The molecule has 3 N–H and O–H groups in total. The number of hydrogen-bond donors (Lipinski definition) is 2. The van der Waals surface area contributed by atoms with Gasteiger partial charge in [-0.1, -0.05) is 11.6 Å². The molecule has 0 saturated carbocycles. The standard InChI is InChI=1S/C8H9ClFNO/c1-4(11)5-2-6(9)8(12)3-7(5)10/h2-4,12H,11H2,1H3. The van der Waals surface area contributed by atoms with Crippen molar-refractivity contribution >= 4 is 11.6 Å². The van der Waals surface area contributed by atoms with E-state index in [0.29, 0.717) is 5.56 Å². The molecule has 0 aliphatic rings. The van der Waals surface area contributed by atoms with Crippen molar-refractivity contribution in [3.63, 3.8) is 0 Å². The number of benzene rings is 1. The fraction of sp³-hybridized carbons (Fsp3) is 0.250. The van der Waals surface area contributed by atoms with Crippen molar-refractivity contribution in [3.05, 3.63) is 28.5 Å². The Balaban J connectivity index is 3.23. The number of hydrogen-bond acceptors (Lipinski definition) is 2. The molecule has 0 aliphatic heterocycles. The first-order valence-electron chi connectivity index (χ1n) is 3.46. The third-order valence-corrected chi connectivity index (χ3v) is 1.86. The van der Waals surface area contributed by atoms with Crippen molar-refractivity contribution in [2.45, 2.75) is 13.0 Å². The molecule has 0 heterocycles. The van der Waals surface area contributed by atoms with E-state index in [9.17, 15) is 4.39 Å². The highest BCUT2D eigenvalue weighted by Crippen LogP contribution is 2.28. The quantitative estimate of drug-likeness (QED) is 0.712. The molecule has 0 bridgehead atoms. The van der Waals surface area contributed by atoms with Crippen LogP contribution in [0.2, 0.25) is 5.02 Å². The monoisotopic (exact) mass is 189 g/mol. The van der Waals surface area contributed by atoms with Crippen molar-refractivity contribution in [1.82, 2.24) is 0 Å². The van der Waals surface area contributed by atoms with Crippen LogP contribution >= 0.6 is 11.6 Å². The number of phenolic OH excluding ortho intramolecular Hbond substituents is 1. The molecule has 1 rings (SSSR count). The molecule has 66 valence electrons. The molecule has 0 fully saturated rings. The highest BCUT2D eigenvalue weighted by atomic mass is 35.5. The Labute approximate surface area is 74.8 Å². The molecule has 4 heteroatoms. The third-order valence-electron chi connectivity index (χ3n) is 1.56. The highest BCUT2D eigenvalue weighted by molar-refractivity contribution is 6.32. The van der Waals surface area contributed by atoms with Gasteiger partial charge in [0.15, 0.2) is 0 Å². The van der Waals surface area contributed by atoms with Gasteiger partial charge in [0.05, 0.1) is 5.02 Å². The average molecular weight is 190 g/mol. The Bertz CT molecular complexity index is 301. The maximum absolute atomic E-state index is 13.0. The van der Waals surface area contributed by atoms with Gasteiger partial charge in [-0.25, -0.2) is 4.39 Å². The first-order chi connectivity index (χ1) is 5.52. The molecule has 0 aliphatic carbocycles. The molecule has 1 aromatic carbocycles. The van der Waals surface area contributed by atoms with Gasteiger partial charge in [0.25, 0.3) is 0 Å². The minimum atomic E-state index is -0.535. The van der Waals surface area contributed by atoms with Crippen molar-refractivity contribution < 1.29 is 9.50 Å². The van der Waals surface area contributed by atoms with Crippen LogP contribution in [0.4, 0.5) is 4.39 Å². The second-order valence-electron chi connectivity index (χ2n) is 2.61. The lowest BCUT2D eigenvalue weighted by atomic mass is 10.1. The fourth-order valence-corrected chi connectivity index (χ4v) is 1.07. The summed E-state index contributed by atoms with van der Waals surface area (Å²) in [4.78, 5) is 0. The number of rotatable bonds is 1. The number of nitrogens with two attached hydrogens (primary N) is 1. The summed E-state index contributed by atoms with van der Waals surface area (Å²) in [7, 11) is 0. The van der Waals surface area contributed by atoms with E-state index in [1.54, 1.807) is 6.92 Å². The van der Waals surface area contributed by atoms with Gasteiger partial charge in [0, 0.05) is 17.7 Å². The summed E-state index contributed by atoms with van der Waals surface area (Å²) in [5.41, 5.74) is 5.76. The van der Waals surface area contributed by atoms with E-state index in [1.165, 1.54) is 6.07 Å². The summed E-state index contributed by atoms with van der Waals surface area (Å²) in [6.07, 6.45) is 0. The van der Waals surface area contributed by atoms with E-state index < -0.39 is 11.9 Å². The number of aromatic hydroxyl groups is 1.